The summed E-state index contributed by atoms with van der Waals surface area (Å²) in [6.45, 7) is 0.466. The van der Waals surface area contributed by atoms with Gasteiger partial charge in [-0.2, -0.15) is 0 Å². The van der Waals surface area contributed by atoms with E-state index in [4.69, 9.17) is 9.47 Å². The Morgan fingerprint density at radius 2 is 1.77 bits per heavy atom. The number of rotatable bonds is 5. The molecule has 1 heterocycles. The highest BCUT2D eigenvalue weighted by Gasteiger charge is 2.24. The molecule has 1 aliphatic rings. The van der Waals surface area contributed by atoms with Crippen LogP contribution < -0.4 is 4.74 Å². The summed E-state index contributed by atoms with van der Waals surface area (Å²) < 4.78 is 14.2. The molecular weight excluding hydrogens is 625 g/mol. The first-order valence-corrected chi connectivity index (χ1v) is 11.6. The zero-order valence-corrected chi connectivity index (χ0v) is 20.8. The van der Waals surface area contributed by atoms with Gasteiger partial charge in [-0.15, -0.1) is 0 Å². The van der Waals surface area contributed by atoms with E-state index in [0.29, 0.717) is 12.5 Å². The summed E-state index contributed by atoms with van der Waals surface area (Å²) in [6.07, 6.45) is 1.70. The highest BCUT2D eigenvalue weighted by Crippen LogP contribution is 2.25. The summed E-state index contributed by atoms with van der Waals surface area (Å²) in [5.74, 6) is 0.584. The highest BCUT2D eigenvalue weighted by molar-refractivity contribution is 14.1. The van der Waals surface area contributed by atoms with Gasteiger partial charge in [0.25, 0.3) is 0 Å². The molecule has 0 bridgehead atoms. The third-order valence-corrected chi connectivity index (χ3v) is 7.43. The first-order valence-electron chi connectivity index (χ1n) is 8.94. The van der Waals surface area contributed by atoms with Crippen molar-refractivity contribution in [2.75, 3.05) is 0 Å². The van der Waals surface area contributed by atoms with Gasteiger partial charge >= 0.3 is 5.97 Å². The molecule has 0 spiro atoms. The Hall–Kier alpha value is -1.97. The Labute approximate surface area is 204 Å². The van der Waals surface area contributed by atoms with Gasteiger partial charge in [-0.3, -0.25) is 0 Å². The molecule has 1 aliphatic heterocycles. The van der Waals surface area contributed by atoms with Gasteiger partial charge < -0.3 is 9.47 Å². The Morgan fingerprint density at radius 3 is 2.50 bits per heavy atom. The van der Waals surface area contributed by atoms with Gasteiger partial charge in [0.2, 0.25) is 5.90 Å². The summed E-state index contributed by atoms with van der Waals surface area (Å²) in [7, 11) is 0. The minimum absolute atomic E-state index is 0.265. The molecule has 0 unspecified atom stereocenters. The van der Waals surface area contributed by atoms with Crippen LogP contribution in [0.2, 0.25) is 0 Å². The minimum Gasteiger partial charge on any atom is -0.489 e. The van der Waals surface area contributed by atoms with Crippen LogP contribution in [0.3, 0.4) is 0 Å². The van der Waals surface area contributed by atoms with Gasteiger partial charge in [0.1, 0.15) is 12.4 Å². The minimum atomic E-state index is -0.464. The van der Waals surface area contributed by atoms with Crippen molar-refractivity contribution in [1.82, 2.24) is 0 Å². The Kier molecular flexibility index (Phi) is 6.70. The van der Waals surface area contributed by atoms with E-state index in [0.717, 1.165) is 35.0 Å². The third-order valence-electron chi connectivity index (χ3n) is 4.32. The molecule has 3 aromatic carbocycles. The van der Waals surface area contributed by atoms with Crippen LogP contribution in [0.15, 0.2) is 86.4 Å². The summed E-state index contributed by atoms with van der Waals surface area (Å²) in [5, 5.41) is 0. The molecule has 30 heavy (non-hydrogen) atoms. The average Bonchev–Trinajstić information content (AvgIpc) is 3.11. The number of esters is 1. The zero-order valence-electron chi connectivity index (χ0n) is 15.4. The molecule has 150 valence electrons. The maximum absolute atomic E-state index is 12.2. The second-order valence-electron chi connectivity index (χ2n) is 6.41. The van der Waals surface area contributed by atoms with E-state index in [1.165, 1.54) is 0 Å². The summed E-state index contributed by atoms with van der Waals surface area (Å²) in [6, 6.07) is 21.1. The molecular formula is C23H14Br2INO3. The molecule has 0 aromatic heterocycles. The van der Waals surface area contributed by atoms with Crippen LogP contribution >= 0.6 is 54.5 Å². The fraction of sp³-hybridized carbons (Fsp3) is 0.0435. The maximum Gasteiger partial charge on any atom is 0.363 e. The van der Waals surface area contributed by atoms with Crippen molar-refractivity contribution in [3.8, 4) is 5.75 Å². The normalized spacial score (nSPS) is 14.6. The number of cyclic esters (lactones) is 1. The number of nitrogens with zero attached hydrogens (tertiary/aromatic N) is 1. The van der Waals surface area contributed by atoms with E-state index in [-0.39, 0.29) is 5.70 Å². The lowest BCUT2D eigenvalue weighted by Crippen LogP contribution is -2.05. The van der Waals surface area contributed by atoms with E-state index < -0.39 is 5.97 Å². The average molecular weight is 639 g/mol. The van der Waals surface area contributed by atoms with E-state index in [9.17, 15) is 4.79 Å². The van der Waals surface area contributed by atoms with Gasteiger partial charge in [-0.05, 0) is 86.6 Å². The van der Waals surface area contributed by atoms with Crippen molar-refractivity contribution in [3.05, 3.63) is 102 Å². The lowest BCUT2D eigenvalue weighted by atomic mass is 10.2. The molecule has 0 radical (unpaired) electrons. The van der Waals surface area contributed by atoms with E-state index in [2.05, 4.69) is 59.4 Å². The second-order valence-corrected chi connectivity index (χ2v) is 9.28. The highest BCUT2D eigenvalue weighted by atomic mass is 127. The van der Waals surface area contributed by atoms with Crippen molar-refractivity contribution in [2.24, 2.45) is 4.99 Å². The first kappa shape index (κ1) is 21.3. The topological polar surface area (TPSA) is 47.9 Å². The van der Waals surface area contributed by atoms with Crippen LogP contribution in [0.5, 0.6) is 5.75 Å². The SMILES string of the molecule is O=C1OC(c2ccc(I)c(Br)c2)=N/C1=C\c1ccc(OCc2ccccc2Br)cc1. The van der Waals surface area contributed by atoms with Crippen LogP contribution in [-0.2, 0) is 16.1 Å². The molecule has 0 N–H and O–H groups in total. The van der Waals surface area contributed by atoms with Gasteiger partial charge in [0.15, 0.2) is 5.70 Å². The number of benzene rings is 3. The molecule has 0 saturated heterocycles. The smallest absolute Gasteiger partial charge is 0.363 e. The Balaban J connectivity index is 1.47. The predicted molar refractivity (Wildman–Crippen MR) is 132 cm³/mol. The van der Waals surface area contributed by atoms with E-state index in [1.54, 1.807) is 6.08 Å². The summed E-state index contributed by atoms with van der Waals surface area (Å²) >= 11 is 9.22. The van der Waals surface area contributed by atoms with E-state index >= 15 is 0 Å². The molecule has 4 rings (SSSR count). The van der Waals surface area contributed by atoms with Gasteiger partial charge in [-0.25, -0.2) is 9.79 Å². The largest absolute Gasteiger partial charge is 0.489 e. The van der Waals surface area contributed by atoms with Gasteiger partial charge in [0.05, 0.1) is 0 Å². The Morgan fingerprint density at radius 1 is 1.00 bits per heavy atom. The van der Waals surface area contributed by atoms with Gasteiger partial charge in [-0.1, -0.05) is 46.3 Å². The molecule has 0 saturated carbocycles. The number of carbonyl (C=O) groups excluding carboxylic acids is 1. The van der Waals surface area contributed by atoms with Crippen LogP contribution in [0.4, 0.5) is 0 Å². The quantitative estimate of drug-likeness (QED) is 0.177. The standard InChI is InChI=1S/C23H14Br2INO3/c24-18-4-2-1-3-16(18)13-29-17-8-5-14(6-9-17)11-21-23(28)30-22(27-21)15-7-10-20(26)19(25)12-15/h1-12H,13H2/b21-11-. The summed E-state index contributed by atoms with van der Waals surface area (Å²) in [5.41, 5.74) is 2.92. The number of carbonyl (C=O) groups is 1. The lowest BCUT2D eigenvalue weighted by Gasteiger charge is -2.08. The van der Waals surface area contributed by atoms with Crippen LogP contribution in [-0.4, -0.2) is 11.9 Å². The molecule has 7 heteroatoms. The van der Waals surface area contributed by atoms with Crippen LogP contribution in [0, 0.1) is 3.57 Å². The number of halogens is 3. The molecule has 0 atom stereocenters. The lowest BCUT2D eigenvalue weighted by molar-refractivity contribution is -0.129. The predicted octanol–water partition coefficient (Wildman–Crippen LogP) is 6.74. The number of aliphatic imine (C=N–C) groups is 1. The van der Waals surface area contributed by atoms with Gasteiger partial charge in [0, 0.05) is 23.6 Å². The number of ether oxygens (including phenoxy) is 2. The number of hydrogen-bond donors (Lipinski definition) is 0. The summed E-state index contributed by atoms with van der Waals surface area (Å²) in [4.78, 5) is 16.6. The molecule has 4 nitrogen and oxygen atoms in total. The molecule has 0 amide bonds. The van der Waals surface area contributed by atoms with Crippen molar-refractivity contribution in [3.63, 3.8) is 0 Å². The van der Waals surface area contributed by atoms with Crippen molar-refractivity contribution in [1.29, 1.82) is 0 Å². The monoisotopic (exact) mass is 637 g/mol. The third kappa shape index (κ3) is 5.01. The van der Waals surface area contributed by atoms with Crippen LogP contribution in [0.1, 0.15) is 16.7 Å². The fourth-order valence-corrected chi connectivity index (χ4v) is 3.87. The fourth-order valence-electron chi connectivity index (χ4n) is 2.76. The van der Waals surface area contributed by atoms with Crippen molar-refractivity contribution >= 4 is 72.4 Å². The number of hydrogen-bond acceptors (Lipinski definition) is 4. The molecule has 3 aromatic rings. The van der Waals surface area contributed by atoms with Crippen molar-refractivity contribution in [2.45, 2.75) is 6.61 Å². The zero-order chi connectivity index (χ0) is 21.1. The Bertz CT molecular complexity index is 1170. The maximum atomic E-state index is 12.2. The van der Waals surface area contributed by atoms with Crippen molar-refractivity contribution < 1.29 is 14.3 Å². The molecule has 0 aliphatic carbocycles. The van der Waals surface area contributed by atoms with Crippen LogP contribution in [0.25, 0.3) is 6.08 Å². The molecule has 0 fully saturated rings. The van der Waals surface area contributed by atoms with E-state index in [1.807, 2.05) is 66.7 Å². The first-order chi connectivity index (χ1) is 14.5. The second kappa shape index (κ2) is 9.45.